The molecule has 11 nitrogen and oxygen atoms in total. The lowest BCUT2D eigenvalue weighted by atomic mass is 10.1. The summed E-state index contributed by atoms with van der Waals surface area (Å²) in [7, 11) is 0. The highest BCUT2D eigenvalue weighted by Gasteiger charge is 2.38. The summed E-state index contributed by atoms with van der Waals surface area (Å²) >= 11 is 6.78. The zero-order valence-corrected chi connectivity index (χ0v) is 24.8. The van der Waals surface area contributed by atoms with Crippen molar-refractivity contribution in [1.29, 1.82) is 0 Å². The number of halogens is 2. The van der Waals surface area contributed by atoms with Gasteiger partial charge in [-0.2, -0.15) is 4.98 Å². The zero-order chi connectivity index (χ0) is 30.9. The van der Waals surface area contributed by atoms with Gasteiger partial charge in [-0.15, -0.1) is 0 Å². The molecular formula is C31H30ClFN8O3. The Balaban J connectivity index is 1.52. The second-order valence-electron chi connectivity index (χ2n) is 11.7. The molecule has 1 aliphatic heterocycles. The number of aromatic hydroxyl groups is 1. The fourth-order valence-electron chi connectivity index (χ4n) is 6.07. The van der Waals surface area contributed by atoms with E-state index in [-0.39, 0.29) is 57.4 Å². The van der Waals surface area contributed by atoms with Crippen molar-refractivity contribution in [2.75, 3.05) is 30.3 Å². The van der Waals surface area contributed by atoms with E-state index in [4.69, 9.17) is 22.3 Å². The van der Waals surface area contributed by atoms with E-state index in [1.54, 1.807) is 11.0 Å². The molecule has 0 unspecified atom stereocenters. The van der Waals surface area contributed by atoms with Crippen molar-refractivity contribution >= 4 is 40.3 Å². The van der Waals surface area contributed by atoms with Crippen LogP contribution in [0.25, 0.3) is 28.0 Å². The number of nitrogens with two attached hydrogens (primary N) is 1. The van der Waals surface area contributed by atoms with Gasteiger partial charge in [0.15, 0.2) is 5.65 Å². The number of anilines is 2. The van der Waals surface area contributed by atoms with E-state index >= 15 is 4.39 Å². The average molecular weight is 617 g/mol. The number of hydrogen-bond donors (Lipinski definition) is 2. The van der Waals surface area contributed by atoms with E-state index in [0.29, 0.717) is 47.9 Å². The Labute approximate surface area is 256 Å². The van der Waals surface area contributed by atoms with Gasteiger partial charge >= 0.3 is 5.69 Å². The largest absolute Gasteiger partial charge is 0.507 e. The Bertz CT molecular complexity index is 1870. The topological polar surface area (TPSA) is 143 Å². The van der Waals surface area contributed by atoms with Crippen molar-refractivity contribution in [2.24, 2.45) is 0 Å². The SMILES string of the molecule is C=CC(=O)N1CCN(c2nc(=O)n(-c3c(C4CC4)nc(N)nc3C3CC3)c3nc(-c4c(O)cccc4F)c(Cl)cc23)[C@@H](C)C1. The van der Waals surface area contributed by atoms with Crippen LogP contribution in [0.3, 0.4) is 0 Å². The van der Waals surface area contributed by atoms with Gasteiger partial charge in [-0.1, -0.05) is 24.2 Å². The molecule has 226 valence electrons. The van der Waals surface area contributed by atoms with E-state index in [1.807, 2.05) is 11.8 Å². The molecule has 1 aromatic carbocycles. The van der Waals surface area contributed by atoms with Crippen LogP contribution in [-0.4, -0.2) is 66.1 Å². The van der Waals surface area contributed by atoms with Gasteiger partial charge in [-0.25, -0.2) is 28.7 Å². The van der Waals surface area contributed by atoms with Crippen LogP contribution >= 0.6 is 11.6 Å². The molecule has 0 bridgehead atoms. The molecule has 1 saturated heterocycles. The Morgan fingerprint density at radius 3 is 2.39 bits per heavy atom. The second-order valence-corrected chi connectivity index (χ2v) is 12.1. The first-order chi connectivity index (χ1) is 21.2. The molecule has 13 heteroatoms. The summed E-state index contributed by atoms with van der Waals surface area (Å²) in [6.07, 6.45) is 4.86. The van der Waals surface area contributed by atoms with Crippen LogP contribution in [0.2, 0.25) is 5.02 Å². The van der Waals surface area contributed by atoms with E-state index in [0.717, 1.165) is 25.7 Å². The first kappa shape index (κ1) is 28.2. The highest BCUT2D eigenvalue weighted by atomic mass is 35.5. The minimum absolute atomic E-state index is 0.0215. The predicted molar refractivity (Wildman–Crippen MR) is 165 cm³/mol. The van der Waals surface area contributed by atoms with Gasteiger partial charge in [0.25, 0.3) is 0 Å². The quantitative estimate of drug-likeness (QED) is 0.303. The fourth-order valence-corrected chi connectivity index (χ4v) is 6.32. The molecule has 0 radical (unpaired) electrons. The standard InChI is InChI=1S/C31H30ClFN8O3/c1-3-22(43)39-11-12-40(15(2)14-39)28-18-13-19(32)26(23-20(33)5-4-6-21(23)42)35-29(18)41(31(44)38-28)27-24(16-7-8-16)36-30(34)37-25(27)17-9-10-17/h3-6,13,15-17,42H,1,7-12,14H2,2H3,(H2,34,36,37)/t15-/m0/s1. The van der Waals surface area contributed by atoms with Crippen molar-refractivity contribution in [1.82, 2.24) is 29.4 Å². The molecule has 44 heavy (non-hydrogen) atoms. The van der Waals surface area contributed by atoms with Crippen LogP contribution in [0.5, 0.6) is 5.75 Å². The molecule has 4 heterocycles. The average Bonchev–Trinajstić information content (AvgIpc) is 3.91. The zero-order valence-electron chi connectivity index (χ0n) is 24.0. The minimum Gasteiger partial charge on any atom is -0.507 e. The van der Waals surface area contributed by atoms with Crippen LogP contribution < -0.4 is 16.3 Å². The van der Waals surface area contributed by atoms with Crippen LogP contribution in [0.15, 0.2) is 41.7 Å². The smallest absolute Gasteiger partial charge is 0.355 e. The third kappa shape index (κ3) is 4.73. The Morgan fingerprint density at radius 2 is 1.80 bits per heavy atom. The maximum Gasteiger partial charge on any atom is 0.355 e. The minimum atomic E-state index is -0.716. The molecule has 4 aromatic rings. The number of fused-ring (bicyclic) bond motifs is 1. The third-order valence-corrected chi connectivity index (χ3v) is 8.81. The molecule has 1 atom stereocenters. The van der Waals surface area contributed by atoms with Crippen molar-refractivity contribution in [3.8, 4) is 22.7 Å². The number of carbonyl (C=O) groups excluding carboxylic acids is 1. The molecule has 7 rings (SSSR count). The van der Waals surface area contributed by atoms with E-state index < -0.39 is 11.5 Å². The summed E-state index contributed by atoms with van der Waals surface area (Å²) in [6.45, 7) is 6.71. The number of amides is 1. The normalized spacial score (nSPS) is 18.6. The Kier molecular flexibility index (Phi) is 6.76. The van der Waals surface area contributed by atoms with Crippen molar-refractivity contribution < 1.29 is 14.3 Å². The van der Waals surface area contributed by atoms with Crippen molar-refractivity contribution in [3.05, 3.63) is 69.6 Å². The number of nitrogen functional groups attached to an aromatic ring is 1. The number of aromatic nitrogens is 5. The molecule has 0 spiro atoms. The number of phenols is 1. The fraction of sp³-hybridized carbons (Fsp3) is 0.355. The molecule has 1 amide bonds. The monoisotopic (exact) mass is 616 g/mol. The number of phenolic OH excluding ortho intramolecular Hbond substituents is 1. The van der Waals surface area contributed by atoms with Gasteiger partial charge in [-0.05, 0) is 56.9 Å². The highest BCUT2D eigenvalue weighted by molar-refractivity contribution is 6.34. The van der Waals surface area contributed by atoms with Gasteiger partial charge in [0.1, 0.15) is 17.4 Å². The molecule has 2 aliphatic carbocycles. The summed E-state index contributed by atoms with van der Waals surface area (Å²) in [4.78, 5) is 48.7. The first-order valence-electron chi connectivity index (χ1n) is 14.6. The lowest BCUT2D eigenvalue weighted by Gasteiger charge is -2.40. The molecule has 3 fully saturated rings. The molecule has 3 aliphatic rings. The van der Waals surface area contributed by atoms with Crippen molar-refractivity contribution in [2.45, 2.75) is 50.5 Å². The van der Waals surface area contributed by atoms with E-state index in [2.05, 4.69) is 21.5 Å². The maximum atomic E-state index is 15.2. The highest BCUT2D eigenvalue weighted by Crippen LogP contribution is 2.48. The van der Waals surface area contributed by atoms with Crippen LogP contribution in [0.4, 0.5) is 16.2 Å². The van der Waals surface area contributed by atoms with Gasteiger partial charge in [-0.3, -0.25) is 4.79 Å². The van der Waals surface area contributed by atoms with E-state index in [9.17, 15) is 14.7 Å². The number of piperazine rings is 1. The molecule has 3 aromatic heterocycles. The summed E-state index contributed by atoms with van der Waals surface area (Å²) in [6, 6.07) is 5.33. The number of nitrogens with zero attached hydrogens (tertiary/aromatic N) is 7. The Morgan fingerprint density at radius 1 is 1.11 bits per heavy atom. The van der Waals surface area contributed by atoms with E-state index in [1.165, 1.54) is 28.8 Å². The summed E-state index contributed by atoms with van der Waals surface area (Å²) in [5.41, 5.74) is 7.34. The lowest BCUT2D eigenvalue weighted by molar-refractivity contribution is -0.126. The third-order valence-electron chi connectivity index (χ3n) is 8.52. The lowest BCUT2D eigenvalue weighted by Crippen LogP contribution is -2.54. The first-order valence-corrected chi connectivity index (χ1v) is 15.0. The van der Waals surface area contributed by atoms with Crippen LogP contribution in [0, 0.1) is 5.82 Å². The van der Waals surface area contributed by atoms with Gasteiger partial charge < -0.3 is 20.6 Å². The predicted octanol–water partition coefficient (Wildman–Crippen LogP) is 4.30. The van der Waals surface area contributed by atoms with Gasteiger partial charge in [0.2, 0.25) is 11.9 Å². The van der Waals surface area contributed by atoms with Crippen LogP contribution in [-0.2, 0) is 4.79 Å². The Hall–Kier alpha value is -4.58. The number of hydrogen-bond acceptors (Lipinski definition) is 9. The molecule has 2 saturated carbocycles. The molecule has 3 N–H and O–H groups in total. The van der Waals surface area contributed by atoms with Gasteiger partial charge in [0.05, 0.1) is 38.7 Å². The van der Waals surface area contributed by atoms with Crippen molar-refractivity contribution in [3.63, 3.8) is 0 Å². The number of rotatable bonds is 6. The van der Waals surface area contributed by atoms with Gasteiger partial charge in [0, 0.05) is 37.5 Å². The summed E-state index contributed by atoms with van der Waals surface area (Å²) in [5, 5.41) is 11.2. The summed E-state index contributed by atoms with van der Waals surface area (Å²) in [5.74, 6) is -0.533. The van der Waals surface area contributed by atoms with Crippen LogP contribution in [0.1, 0.15) is 55.8 Å². The maximum absolute atomic E-state index is 15.2. The molecular weight excluding hydrogens is 587 g/mol. The second kappa shape index (κ2) is 10.5. The number of benzene rings is 1. The number of carbonyl (C=O) groups is 1. The number of pyridine rings is 1. The summed E-state index contributed by atoms with van der Waals surface area (Å²) < 4.78 is 16.6.